The van der Waals surface area contributed by atoms with Crippen molar-refractivity contribution in [3.63, 3.8) is 0 Å². The summed E-state index contributed by atoms with van der Waals surface area (Å²) in [7, 11) is 0. The van der Waals surface area contributed by atoms with E-state index in [0.29, 0.717) is 23.2 Å². The Bertz CT molecular complexity index is 791. The third-order valence-corrected chi connectivity index (χ3v) is 3.77. The fourth-order valence-electron chi connectivity index (χ4n) is 2.85. The SMILES string of the molecule is CC(C)CC(C)(CN)NC(=O)c1cc(=O)[nH]c2cc(F)ccc12.Cl. The Balaban J connectivity index is 0.00000288. The highest BCUT2D eigenvalue weighted by molar-refractivity contribution is 6.06. The van der Waals surface area contributed by atoms with Crippen molar-refractivity contribution in [1.29, 1.82) is 0 Å². The number of hydrogen-bond donors (Lipinski definition) is 3. The van der Waals surface area contributed by atoms with E-state index < -0.39 is 16.9 Å². The minimum Gasteiger partial charge on any atom is -0.346 e. The number of rotatable bonds is 5. The zero-order chi connectivity index (χ0) is 17.2. The van der Waals surface area contributed by atoms with Gasteiger partial charge in [0.25, 0.3) is 5.91 Å². The normalized spacial score (nSPS) is 13.4. The third kappa shape index (κ3) is 4.55. The van der Waals surface area contributed by atoms with E-state index in [-0.39, 0.29) is 30.4 Å². The van der Waals surface area contributed by atoms with E-state index in [1.165, 1.54) is 24.3 Å². The van der Waals surface area contributed by atoms with Crippen molar-refractivity contribution in [2.45, 2.75) is 32.7 Å². The Morgan fingerprint density at radius 3 is 2.62 bits per heavy atom. The van der Waals surface area contributed by atoms with Crippen LogP contribution in [0.5, 0.6) is 0 Å². The molecule has 1 aromatic carbocycles. The molecule has 1 heterocycles. The van der Waals surface area contributed by atoms with Gasteiger partial charge in [0.15, 0.2) is 0 Å². The molecule has 0 radical (unpaired) electrons. The topological polar surface area (TPSA) is 88.0 Å². The van der Waals surface area contributed by atoms with Gasteiger partial charge in [-0.15, -0.1) is 12.4 Å². The van der Waals surface area contributed by atoms with Gasteiger partial charge in [0.1, 0.15) is 5.82 Å². The molecule has 0 bridgehead atoms. The van der Waals surface area contributed by atoms with Crippen LogP contribution in [0.1, 0.15) is 37.6 Å². The summed E-state index contributed by atoms with van der Waals surface area (Å²) < 4.78 is 13.3. The first-order chi connectivity index (χ1) is 10.7. The fourth-order valence-corrected chi connectivity index (χ4v) is 2.85. The van der Waals surface area contributed by atoms with Crippen molar-refractivity contribution in [1.82, 2.24) is 10.3 Å². The highest BCUT2D eigenvalue weighted by atomic mass is 35.5. The average molecular weight is 356 g/mol. The predicted octanol–water partition coefficient (Wildman–Crippen LogP) is 2.58. The monoisotopic (exact) mass is 355 g/mol. The van der Waals surface area contributed by atoms with Crippen molar-refractivity contribution in [2.75, 3.05) is 6.54 Å². The summed E-state index contributed by atoms with van der Waals surface area (Å²) in [5, 5.41) is 3.41. The summed E-state index contributed by atoms with van der Waals surface area (Å²) in [5.74, 6) is -0.507. The number of nitrogens with two attached hydrogens (primary N) is 1. The van der Waals surface area contributed by atoms with Crippen molar-refractivity contribution < 1.29 is 9.18 Å². The molecule has 1 unspecified atom stereocenters. The fraction of sp³-hybridized carbons (Fsp3) is 0.412. The van der Waals surface area contributed by atoms with Gasteiger partial charge in [0, 0.05) is 23.5 Å². The molecule has 0 spiro atoms. The van der Waals surface area contributed by atoms with Gasteiger partial charge >= 0.3 is 0 Å². The molecule has 7 heteroatoms. The Kier molecular flexibility index (Phi) is 6.51. The lowest BCUT2D eigenvalue weighted by molar-refractivity contribution is 0.0900. The molecular formula is C17H23ClFN3O2. The number of H-pyrrole nitrogens is 1. The molecule has 4 N–H and O–H groups in total. The number of halogens is 2. The lowest BCUT2D eigenvalue weighted by Gasteiger charge is -2.31. The minimum atomic E-state index is -0.569. The minimum absolute atomic E-state index is 0. The van der Waals surface area contributed by atoms with Crippen molar-refractivity contribution >= 4 is 29.2 Å². The van der Waals surface area contributed by atoms with Gasteiger partial charge in [0.2, 0.25) is 5.56 Å². The molecule has 24 heavy (non-hydrogen) atoms. The highest BCUT2D eigenvalue weighted by Crippen LogP contribution is 2.19. The van der Waals surface area contributed by atoms with Crippen molar-refractivity contribution in [3.05, 3.63) is 46.0 Å². The van der Waals surface area contributed by atoms with Gasteiger partial charge in [-0.3, -0.25) is 9.59 Å². The Labute approximate surface area is 146 Å². The smallest absolute Gasteiger partial charge is 0.252 e. The maximum atomic E-state index is 13.3. The number of hydrogen-bond acceptors (Lipinski definition) is 3. The van der Waals surface area contributed by atoms with E-state index >= 15 is 0 Å². The lowest BCUT2D eigenvalue weighted by Crippen LogP contribution is -2.52. The van der Waals surface area contributed by atoms with E-state index in [2.05, 4.69) is 10.3 Å². The van der Waals surface area contributed by atoms with Gasteiger partial charge in [-0.05, 0) is 37.5 Å². The number of amides is 1. The summed E-state index contributed by atoms with van der Waals surface area (Å²) in [5.41, 5.74) is 5.30. The van der Waals surface area contributed by atoms with Crippen LogP contribution in [0.3, 0.4) is 0 Å². The van der Waals surface area contributed by atoms with Crippen LogP contribution >= 0.6 is 12.4 Å². The maximum Gasteiger partial charge on any atom is 0.252 e. The van der Waals surface area contributed by atoms with Crippen LogP contribution in [0, 0.1) is 11.7 Å². The molecule has 1 atom stereocenters. The van der Waals surface area contributed by atoms with Gasteiger partial charge in [-0.2, -0.15) is 0 Å². The molecular weight excluding hydrogens is 333 g/mol. The van der Waals surface area contributed by atoms with E-state index in [9.17, 15) is 14.0 Å². The van der Waals surface area contributed by atoms with Crippen LogP contribution in [0.15, 0.2) is 29.1 Å². The number of benzene rings is 1. The summed E-state index contributed by atoms with van der Waals surface area (Å²) in [6.45, 7) is 6.25. The van der Waals surface area contributed by atoms with Crippen LogP contribution in [0.2, 0.25) is 0 Å². The summed E-state index contributed by atoms with van der Waals surface area (Å²) >= 11 is 0. The molecule has 2 rings (SSSR count). The first-order valence-corrected chi connectivity index (χ1v) is 7.59. The summed E-state index contributed by atoms with van der Waals surface area (Å²) in [6.07, 6.45) is 0.713. The molecule has 1 aromatic heterocycles. The number of carbonyl (C=O) groups excluding carboxylic acids is 1. The second kappa shape index (κ2) is 7.77. The second-order valence-electron chi connectivity index (χ2n) is 6.55. The number of pyridine rings is 1. The highest BCUT2D eigenvalue weighted by Gasteiger charge is 2.27. The molecule has 0 aliphatic rings. The van der Waals surface area contributed by atoms with E-state index in [1.54, 1.807) is 0 Å². The third-order valence-electron chi connectivity index (χ3n) is 3.77. The zero-order valence-electron chi connectivity index (χ0n) is 14.0. The first kappa shape index (κ1) is 20.1. The average Bonchev–Trinajstić information content (AvgIpc) is 2.44. The zero-order valence-corrected chi connectivity index (χ0v) is 14.8. The van der Waals surface area contributed by atoms with Gasteiger partial charge in [0.05, 0.1) is 11.1 Å². The predicted molar refractivity (Wildman–Crippen MR) is 96.2 cm³/mol. The van der Waals surface area contributed by atoms with Crippen LogP contribution < -0.4 is 16.6 Å². The molecule has 0 aliphatic heterocycles. The lowest BCUT2D eigenvalue weighted by atomic mass is 9.90. The van der Waals surface area contributed by atoms with Crippen LogP contribution in [-0.2, 0) is 0 Å². The first-order valence-electron chi connectivity index (χ1n) is 7.59. The largest absolute Gasteiger partial charge is 0.346 e. The van der Waals surface area contributed by atoms with Crippen LogP contribution in [0.25, 0.3) is 10.9 Å². The second-order valence-corrected chi connectivity index (χ2v) is 6.55. The molecule has 0 fully saturated rings. The quantitative estimate of drug-likeness (QED) is 0.770. The number of fused-ring (bicyclic) bond motifs is 1. The summed E-state index contributed by atoms with van der Waals surface area (Å²) in [6, 6.07) is 5.16. The number of nitrogens with one attached hydrogen (secondary N) is 2. The maximum absolute atomic E-state index is 13.3. The molecule has 0 aliphatic carbocycles. The van der Waals surface area contributed by atoms with E-state index in [4.69, 9.17) is 5.73 Å². The molecule has 0 saturated heterocycles. The Hall–Kier alpha value is -1.92. The number of aromatic nitrogens is 1. The summed E-state index contributed by atoms with van der Waals surface area (Å²) in [4.78, 5) is 26.9. The van der Waals surface area contributed by atoms with Crippen molar-refractivity contribution in [2.24, 2.45) is 11.7 Å². The number of aromatic amines is 1. The van der Waals surface area contributed by atoms with E-state index in [0.717, 1.165) is 0 Å². The molecule has 132 valence electrons. The number of carbonyl (C=O) groups is 1. The van der Waals surface area contributed by atoms with Crippen molar-refractivity contribution in [3.8, 4) is 0 Å². The standard InChI is InChI=1S/C17H22FN3O2.ClH/c1-10(2)8-17(3,9-19)21-16(23)13-7-15(22)20-14-6-11(18)4-5-12(13)14;/h4-7,10H,8-9,19H2,1-3H3,(H,20,22)(H,21,23);1H. The molecule has 5 nitrogen and oxygen atoms in total. The van der Waals surface area contributed by atoms with Crippen LogP contribution in [-0.4, -0.2) is 23.0 Å². The Morgan fingerprint density at radius 2 is 2.04 bits per heavy atom. The molecule has 0 saturated carbocycles. The van der Waals surface area contributed by atoms with Crippen LogP contribution in [0.4, 0.5) is 4.39 Å². The van der Waals surface area contributed by atoms with E-state index in [1.807, 2.05) is 20.8 Å². The molecule has 2 aromatic rings. The molecule has 1 amide bonds. The van der Waals surface area contributed by atoms with Gasteiger partial charge in [-0.25, -0.2) is 4.39 Å². The van der Waals surface area contributed by atoms with Gasteiger partial charge < -0.3 is 16.0 Å². The Morgan fingerprint density at radius 1 is 1.38 bits per heavy atom. The van der Waals surface area contributed by atoms with Gasteiger partial charge in [-0.1, -0.05) is 13.8 Å².